The predicted octanol–water partition coefficient (Wildman–Crippen LogP) is 2.16. The lowest BCUT2D eigenvalue weighted by molar-refractivity contribution is -0.188. The van der Waals surface area contributed by atoms with Crippen LogP contribution in [0.1, 0.15) is 31.1 Å². The van der Waals surface area contributed by atoms with Gasteiger partial charge in [-0.15, -0.1) is 0 Å². The van der Waals surface area contributed by atoms with E-state index in [0.717, 1.165) is 5.56 Å². The van der Waals surface area contributed by atoms with Gasteiger partial charge in [-0.25, -0.2) is 19.2 Å². The van der Waals surface area contributed by atoms with Gasteiger partial charge in [0.2, 0.25) is 11.8 Å². The number of urea groups is 1. The summed E-state index contributed by atoms with van der Waals surface area (Å²) in [5, 5.41) is 5.92. The fourth-order valence-electron chi connectivity index (χ4n) is 4.45. The van der Waals surface area contributed by atoms with Gasteiger partial charge in [0.25, 0.3) is 0 Å². The monoisotopic (exact) mass is 457 g/mol. The van der Waals surface area contributed by atoms with Crippen LogP contribution in [0.3, 0.4) is 0 Å². The Morgan fingerprint density at radius 1 is 1.21 bits per heavy atom. The number of fused-ring (bicyclic) bond motifs is 1. The van der Waals surface area contributed by atoms with Gasteiger partial charge in [0.1, 0.15) is 23.8 Å². The standard InChI is InChI=1S/C23H28FN5O4/c1-3-5-19-22(31)27(13-18-6-4-11-33-18)14-20-28(19)21(30)15-26(2)29(20)23(32)25-12-16-7-9-17(24)10-8-16/h4,6-11,19-20H,3,5,12-15H2,1-2H3,(H,25,32)/t19-,20-/m0/s1. The predicted molar refractivity (Wildman–Crippen MR) is 117 cm³/mol. The molecule has 2 aromatic rings. The first kappa shape index (κ1) is 22.8. The number of carbonyl (C=O) groups excluding carboxylic acids is 3. The van der Waals surface area contributed by atoms with E-state index in [1.165, 1.54) is 17.1 Å². The molecule has 0 saturated carbocycles. The Labute approximate surface area is 191 Å². The molecular weight excluding hydrogens is 429 g/mol. The Morgan fingerprint density at radius 2 is 1.97 bits per heavy atom. The van der Waals surface area contributed by atoms with Gasteiger partial charge in [-0.2, -0.15) is 0 Å². The van der Waals surface area contributed by atoms with Gasteiger partial charge in [0, 0.05) is 13.6 Å². The second kappa shape index (κ2) is 9.62. The first-order valence-corrected chi connectivity index (χ1v) is 11.0. The van der Waals surface area contributed by atoms with Crippen molar-refractivity contribution in [2.45, 2.75) is 45.1 Å². The fraction of sp³-hybridized carbons (Fsp3) is 0.435. The molecule has 10 heteroatoms. The molecule has 3 heterocycles. The first-order chi connectivity index (χ1) is 15.9. The number of nitrogens with one attached hydrogen (secondary N) is 1. The lowest BCUT2D eigenvalue weighted by atomic mass is 10.0. The number of rotatable bonds is 6. The molecule has 2 aliphatic rings. The molecule has 33 heavy (non-hydrogen) atoms. The van der Waals surface area contributed by atoms with E-state index in [-0.39, 0.29) is 43.8 Å². The normalized spacial score (nSPS) is 21.4. The van der Waals surface area contributed by atoms with E-state index >= 15 is 0 Å². The highest BCUT2D eigenvalue weighted by atomic mass is 19.1. The number of hydrogen-bond acceptors (Lipinski definition) is 5. The smallest absolute Gasteiger partial charge is 0.334 e. The van der Waals surface area contributed by atoms with Crippen LogP contribution < -0.4 is 5.32 Å². The number of hydrogen-bond donors (Lipinski definition) is 1. The van der Waals surface area contributed by atoms with Crippen molar-refractivity contribution in [2.75, 3.05) is 20.1 Å². The van der Waals surface area contributed by atoms with E-state index in [0.29, 0.717) is 18.6 Å². The fourth-order valence-corrected chi connectivity index (χ4v) is 4.45. The first-order valence-electron chi connectivity index (χ1n) is 11.0. The molecule has 2 saturated heterocycles. The van der Waals surface area contributed by atoms with Gasteiger partial charge in [-0.1, -0.05) is 25.5 Å². The van der Waals surface area contributed by atoms with E-state index in [9.17, 15) is 18.8 Å². The van der Waals surface area contributed by atoms with Crippen molar-refractivity contribution < 1.29 is 23.2 Å². The molecule has 1 aromatic heterocycles. The van der Waals surface area contributed by atoms with Crippen LogP contribution in [0.5, 0.6) is 0 Å². The molecule has 2 aliphatic heterocycles. The lowest BCUT2D eigenvalue weighted by Gasteiger charge is -2.54. The molecule has 1 N–H and O–H groups in total. The maximum absolute atomic E-state index is 13.3. The van der Waals surface area contributed by atoms with Gasteiger partial charge in [0.05, 0.1) is 25.9 Å². The van der Waals surface area contributed by atoms with Crippen LogP contribution in [0.4, 0.5) is 9.18 Å². The highest BCUT2D eigenvalue weighted by molar-refractivity contribution is 5.91. The zero-order chi connectivity index (χ0) is 23.5. The maximum atomic E-state index is 13.3. The van der Waals surface area contributed by atoms with Crippen molar-refractivity contribution in [3.63, 3.8) is 0 Å². The van der Waals surface area contributed by atoms with Crippen LogP contribution in [-0.2, 0) is 22.7 Å². The minimum absolute atomic E-state index is 0.00779. The Morgan fingerprint density at radius 3 is 2.64 bits per heavy atom. The molecule has 4 amide bonds. The van der Waals surface area contributed by atoms with Crippen LogP contribution >= 0.6 is 0 Å². The van der Waals surface area contributed by atoms with Crippen molar-refractivity contribution in [1.82, 2.24) is 25.1 Å². The average Bonchev–Trinajstić information content (AvgIpc) is 3.29. The quantitative estimate of drug-likeness (QED) is 0.718. The summed E-state index contributed by atoms with van der Waals surface area (Å²) in [6, 6.07) is 8.39. The zero-order valence-corrected chi connectivity index (χ0v) is 18.7. The number of benzene rings is 1. The summed E-state index contributed by atoms with van der Waals surface area (Å²) < 4.78 is 18.6. The number of piperazine rings is 1. The maximum Gasteiger partial charge on any atom is 0.334 e. The third kappa shape index (κ3) is 4.70. The number of furan rings is 1. The summed E-state index contributed by atoms with van der Waals surface area (Å²) in [4.78, 5) is 42.7. The molecule has 0 unspecified atom stereocenters. The molecule has 1 aromatic carbocycles. The second-order valence-corrected chi connectivity index (χ2v) is 8.33. The molecule has 0 aliphatic carbocycles. The van der Waals surface area contributed by atoms with Crippen molar-refractivity contribution >= 4 is 17.8 Å². The number of carbonyl (C=O) groups is 3. The van der Waals surface area contributed by atoms with Crippen LogP contribution in [0, 0.1) is 5.82 Å². The molecule has 2 fully saturated rings. The van der Waals surface area contributed by atoms with Crippen LogP contribution in [-0.4, -0.2) is 70.0 Å². The molecule has 4 rings (SSSR count). The van der Waals surface area contributed by atoms with E-state index in [1.807, 2.05) is 6.92 Å². The van der Waals surface area contributed by atoms with Crippen molar-refractivity contribution in [3.8, 4) is 0 Å². The van der Waals surface area contributed by atoms with Crippen molar-refractivity contribution in [1.29, 1.82) is 0 Å². The zero-order valence-electron chi connectivity index (χ0n) is 18.7. The van der Waals surface area contributed by atoms with Crippen molar-refractivity contribution in [2.24, 2.45) is 0 Å². The Hall–Kier alpha value is -3.40. The third-order valence-electron chi connectivity index (χ3n) is 5.99. The SMILES string of the molecule is CCC[C@H]1C(=O)N(Cc2ccco2)C[C@H]2N1C(=O)CN(C)N2C(=O)NCc1ccc(F)cc1. The third-order valence-corrected chi connectivity index (χ3v) is 5.99. The highest BCUT2D eigenvalue weighted by Gasteiger charge is 2.50. The molecule has 9 nitrogen and oxygen atoms in total. The molecule has 0 bridgehead atoms. The highest BCUT2D eigenvalue weighted by Crippen LogP contribution is 2.28. The molecule has 176 valence electrons. The summed E-state index contributed by atoms with van der Waals surface area (Å²) in [6.45, 7) is 2.59. The summed E-state index contributed by atoms with van der Waals surface area (Å²) in [5.41, 5.74) is 0.750. The Bertz CT molecular complexity index is 997. The number of likely N-dealkylation sites (N-methyl/N-ethyl adjacent to an activating group) is 1. The van der Waals surface area contributed by atoms with E-state index in [4.69, 9.17) is 4.42 Å². The topological polar surface area (TPSA) is 89.3 Å². The van der Waals surface area contributed by atoms with E-state index in [1.54, 1.807) is 52.4 Å². The lowest BCUT2D eigenvalue weighted by Crippen LogP contribution is -2.75. The van der Waals surface area contributed by atoms with Gasteiger partial charge < -0.3 is 19.5 Å². The van der Waals surface area contributed by atoms with E-state index < -0.39 is 18.2 Å². The van der Waals surface area contributed by atoms with Crippen LogP contribution in [0.2, 0.25) is 0 Å². The largest absolute Gasteiger partial charge is 0.467 e. The summed E-state index contributed by atoms with van der Waals surface area (Å²) in [6.07, 6.45) is 2.12. The van der Waals surface area contributed by atoms with Gasteiger partial charge in [-0.3, -0.25) is 9.59 Å². The average molecular weight is 458 g/mol. The minimum atomic E-state index is -0.645. The van der Waals surface area contributed by atoms with Crippen LogP contribution in [0.25, 0.3) is 0 Å². The molecule has 0 spiro atoms. The summed E-state index contributed by atoms with van der Waals surface area (Å²) in [7, 11) is 1.68. The van der Waals surface area contributed by atoms with Gasteiger partial charge >= 0.3 is 6.03 Å². The molecule has 2 atom stereocenters. The van der Waals surface area contributed by atoms with Crippen molar-refractivity contribution in [3.05, 3.63) is 59.8 Å². The number of halogens is 1. The minimum Gasteiger partial charge on any atom is -0.467 e. The number of nitrogens with zero attached hydrogens (tertiary/aromatic N) is 4. The molecular formula is C23H28FN5O4. The van der Waals surface area contributed by atoms with Crippen LogP contribution in [0.15, 0.2) is 47.1 Å². The molecule has 0 radical (unpaired) electrons. The summed E-state index contributed by atoms with van der Waals surface area (Å²) >= 11 is 0. The Balaban J connectivity index is 1.57. The summed E-state index contributed by atoms with van der Waals surface area (Å²) in [5.74, 6) is -0.0426. The van der Waals surface area contributed by atoms with E-state index in [2.05, 4.69) is 5.32 Å². The number of hydrazine groups is 1. The number of amides is 4. The van der Waals surface area contributed by atoms with Gasteiger partial charge in [0.15, 0.2) is 0 Å². The second-order valence-electron chi connectivity index (χ2n) is 8.33. The Kier molecular flexibility index (Phi) is 6.64. The van der Waals surface area contributed by atoms with Gasteiger partial charge in [-0.05, 0) is 36.2 Å².